The molecular weight excluding hydrogens is 294 g/mol. The Kier molecular flexibility index (Phi) is 4.73. The Morgan fingerprint density at radius 2 is 2.19 bits per heavy atom. The lowest BCUT2D eigenvalue weighted by Crippen LogP contribution is -2.20. The second kappa shape index (κ2) is 6.53. The SMILES string of the molecule is CC(C)n1cnnc1SCCn1cc([N+](=O)[O-])ccc1=O. The minimum atomic E-state index is -0.515. The molecule has 0 aliphatic carbocycles. The van der Waals surface area contributed by atoms with E-state index in [-0.39, 0.29) is 17.3 Å². The predicted molar refractivity (Wildman–Crippen MR) is 78.5 cm³/mol. The Labute approximate surface area is 125 Å². The van der Waals surface area contributed by atoms with Crippen LogP contribution in [0, 0.1) is 10.1 Å². The number of aromatic nitrogens is 4. The van der Waals surface area contributed by atoms with E-state index in [4.69, 9.17) is 0 Å². The van der Waals surface area contributed by atoms with Crippen LogP contribution in [0.25, 0.3) is 0 Å². The molecule has 8 nitrogen and oxygen atoms in total. The van der Waals surface area contributed by atoms with E-state index in [1.165, 1.54) is 34.7 Å². The minimum absolute atomic E-state index is 0.0926. The molecule has 2 aromatic rings. The van der Waals surface area contributed by atoms with Crippen molar-refractivity contribution in [2.75, 3.05) is 5.75 Å². The summed E-state index contributed by atoms with van der Waals surface area (Å²) in [4.78, 5) is 21.9. The molecular formula is C12H15N5O3S. The average Bonchev–Trinajstić information content (AvgIpc) is 2.89. The summed E-state index contributed by atoms with van der Waals surface area (Å²) in [7, 11) is 0. The van der Waals surface area contributed by atoms with Crippen LogP contribution in [-0.4, -0.2) is 30.0 Å². The monoisotopic (exact) mass is 309 g/mol. The van der Waals surface area contributed by atoms with Gasteiger partial charge in [-0.15, -0.1) is 10.2 Å². The van der Waals surface area contributed by atoms with Crippen LogP contribution in [0.3, 0.4) is 0 Å². The smallest absolute Gasteiger partial charge is 0.285 e. The molecule has 2 rings (SSSR count). The number of aryl methyl sites for hydroxylation is 1. The lowest BCUT2D eigenvalue weighted by Gasteiger charge is -2.09. The van der Waals surface area contributed by atoms with Crippen molar-refractivity contribution in [2.24, 2.45) is 0 Å². The number of nitrogens with zero attached hydrogens (tertiary/aromatic N) is 5. The van der Waals surface area contributed by atoms with Gasteiger partial charge in [0.1, 0.15) is 6.33 Å². The molecule has 0 fully saturated rings. The van der Waals surface area contributed by atoms with E-state index in [0.717, 1.165) is 5.16 Å². The van der Waals surface area contributed by atoms with Crippen LogP contribution in [0.2, 0.25) is 0 Å². The van der Waals surface area contributed by atoms with Crippen molar-refractivity contribution < 1.29 is 4.92 Å². The zero-order chi connectivity index (χ0) is 15.4. The van der Waals surface area contributed by atoms with Crippen LogP contribution in [0.1, 0.15) is 19.9 Å². The van der Waals surface area contributed by atoms with E-state index in [1.54, 1.807) is 6.33 Å². The Morgan fingerprint density at radius 1 is 1.43 bits per heavy atom. The highest BCUT2D eigenvalue weighted by Crippen LogP contribution is 2.18. The second-order valence-electron chi connectivity index (χ2n) is 4.64. The van der Waals surface area contributed by atoms with Crippen LogP contribution in [0.4, 0.5) is 5.69 Å². The lowest BCUT2D eigenvalue weighted by atomic mass is 10.4. The van der Waals surface area contributed by atoms with Gasteiger partial charge in [-0.1, -0.05) is 11.8 Å². The molecule has 0 bridgehead atoms. The van der Waals surface area contributed by atoms with E-state index in [9.17, 15) is 14.9 Å². The molecule has 0 N–H and O–H groups in total. The number of rotatable bonds is 6. The first-order chi connectivity index (χ1) is 9.99. The maximum Gasteiger partial charge on any atom is 0.285 e. The first-order valence-electron chi connectivity index (χ1n) is 6.36. The third kappa shape index (κ3) is 3.69. The number of pyridine rings is 1. The molecule has 0 aliphatic rings. The number of nitro groups is 1. The molecule has 0 aliphatic heterocycles. The van der Waals surface area contributed by atoms with Gasteiger partial charge in [0.15, 0.2) is 5.16 Å². The molecule has 0 radical (unpaired) electrons. The molecule has 0 saturated carbocycles. The van der Waals surface area contributed by atoms with E-state index >= 15 is 0 Å². The highest BCUT2D eigenvalue weighted by molar-refractivity contribution is 7.99. The fourth-order valence-corrected chi connectivity index (χ4v) is 2.71. The fraction of sp³-hybridized carbons (Fsp3) is 0.417. The molecule has 2 aromatic heterocycles. The van der Waals surface area contributed by atoms with Crippen LogP contribution >= 0.6 is 11.8 Å². The summed E-state index contributed by atoms with van der Waals surface area (Å²) in [6, 6.07) is 2.67. The van der Waals surface area contributed by atoms with Gasteiger partial charge in [-0.2, -0.15) is 0 Å². The van der Waals surface area contributed by atoms with Crippen molar-refractivity contribution in [3.8, 4) is 0 Å². The summed E-state index contributed by atoms with van der Waals surface area (Å²) in [5.41, 5.74) is -0.350. The summed E-state index contributed by atoms with van der Waals surface area (Å²) in [5, 5.41) is 19.4. The van der Waals surface area contributed by atoms with Crippen LogP contribution in [0.5, 0.6) is 0 Å². The first kappa shape index (κ1) is 15.2. The molecule has 0 aromatic carbocycles. The maximum atomic E-state index is 11.7. The van der Waals surface area contributed by atoms with Crippen LogP contribution < -0.4 is 5.56 Å². The van der Waals surface area contributed by atoms with E-state index < -0.39 is 4.92 Å². The lowest BCUT2D eigenvalue weighted by molar-refractivity contribution is -0.385. The predicted octanol–water partition coefficient (Wildman–Crippen LogP) is 1.72. The van der Waals surface area contributed by atoms with Gasteiger partial charge in [0.05, 0.1) is 11.1 Å². The standard InChI is InChI=1S/C12H15N5O3S/c1-9(2)16-8-13-14-12(16)21-6-5-15-7-10(17(19)20)3-4-11(15)18/h3-4,7-9H,5-6H2,1-2H3. The molecule has 0 amide bonds. The molecule has 0 atom stereocenters. The van der Waals surface area contributed by atoms with Crippen LogP contribution in [0.15, 0.2) is 34.6 Å². The Hall–Kier alpha value is -2.16. The third-order valence-corrected chi connectivity index (χ3v) is 3.78. The van der Waals surface area contributed by atoms with Gasteiger partial charge >= 0.3 is 0 Å². The summed E-state index contributed by atoms with van der Waals surface area (Å²) in [6.07, 6.45) is 2.92. The number of hydrogen-bond acceptors (Lipinski definition) is 6. The van der Waals surface area contributed by atoms with Gasteiger partial charge in [-0.3, -0.25) is 14.9 Å². The number of thioether (sulfide) groups is 1. The van der Waals surface area contributed by atoms with E-state index in [0.29, 0.717) is 12.3 Å². The van der Waals surface area contributed by atoms with Crippen molar-refractivity contribution in [1.29, 1.82) is 0 Å². The summed E-state index contributed by atoms with van der Waals surface area (Å²) in [5.74, 6) is 0.576. The zero-order valence-corrected chi connectivity index (χ0v) is 12.5. The quantitative estimate of drug-likeness (QED) is 0.458. The zero-order valence-electron chi connectivity index (χ0n) is 11.7. The van der Waals surface area contributed by atoms with Gasteiger partial charge in [0.25, 0.3) is 11.2 Å². The van der Waals surface area contributed by atoms with Gasteiger partial charge < -0.3 is 9.13 Å². The molecule has 0 unspecified atom stereocenters. The van der Waals surface area contributed by atoms with Crippen molar-refractivity contribution in [1.82, 2.24) is 19.3 Å². The van der Waals surface area contributed by atoms with Crippen LogP contribution in [-0.2, 0) is 6.54 Å². The Morgan fingerprint density at radius 3 is 2.86 bits per heavy atom. The van der Waals surface area contributed by atoms with Gasteiger partial charge in [0, 0.05) is 30.5 Å². The molecule has 112 valence electrons. The minimum Gasteiger partial charge on any atom is -0.308 e. The summed E-state index contributed by atoms with van der Waals surface area (Å²) >= 11 is 1.46. The second-order valence-corrected chi connectivity index (χ2v) is 5.70. The summed E-state index contributed by atoms with van der Waals surface area (Å²) in [6.45, 7) is 4.42. The normalized spacial score (nSPS) is 11.0. The fourth-order valence-electron chi connectivity index (χ4n) is 1.73. The molecule has 21 heavy (non-hydrogen) atoms. The van der Waals surface area contributed by atoms with Gasteiger partial charge in [-0.25, -0.2) is 0 Å². The Balaban J connectivity index is 2.03. The molecule has 2 heterocycles. The average molecular weight is 309 g/mol. The third-order valence-electron chi connectivity index (χ3n) is 2.84. The molecule has 0 saturated heterocycles. The summed E-state index contributed by atoms with van der Waals surface area (Å²) < 4.78 is 3.27. The molecule has 0 spiro atoms. The topological polar surface area (TPSA) is 95.8 Å². The first-order valence-corrected chi connectivity index (χ1v) is 7.35. The highest BCUT2D eigenvalue weighted by Gasteiger charge is 2.10. The van der Waals surface area contributed by atoms with Crippen molar-refractivity contribution in [3.05, 3.63) is 45.1 Å². The highest BCUT2D eigenvalue weighted by atomic mass is 32.2. The largest absolute Gasteiger partial charge is 0.308 e. The van der Waals surface area contributed by atoms with Crippen molar-refractivity contribution >= 4 is 17.4 Å². The Bertz CT molecular complexity index is 694. The maximum absolute atomic E-state index is 11.7. The van der Waals surface area contributed by atoms with Gasteiger partial charge in [-0.05, 0) is 13.8 Å². The van der Waals surface area contributed by atoms with E-state index in [2.05, 4.69) is 10.2 Å². The van der Waals surface area contributed by atoms with Crippen molar-refractivity contribution in [3.63, 3.8) is 0 Å². The van der Waals surface area contributed by atoms with Gasteiger partial charge in [0.2, 0.25) is 0 Å². The molecule has 9 heteroatoms. The number of hydrogen-bond donors (Lipinski definition) is 0. The van der Waals surface area contributed by atoms with E-state index in [1.807, 2.05) is 18.4 Å². The van der Waals surface area contributed by atoms with Crippen molar-refractivity contribution in [2.45, 2.75) is 31.6 Å².